The number of rotatable bonds is 4. The Balaban J connectivity index is -0.0000000873. The Labute approximate surface area is 490 Å². The minimum Gasteiger partial charge on any atom is -0.435 e. The number of hydrogen-bond donors (Lipinski definition) is 0. The molecule has 0 amide bonds. The second-order valence-electron chi connectivity index (χ2n) is 11.2. The average Bonchev–Trinajstić information content (AvgIpc) is 4.44. The van der Waals surface area contributed by atoms with Crippen LogP contribution in [0.4, 0.5) is 28.8 Å². The van der Waals surface area contributed by atoms with Crippen LogP contribution in [0.1, 0.15) is 162 Å². The van der Waals surface area contributed by atoms with Crippen molar-refractivity contribution in [1.29, 1.82) is 0 Å². The summed E-state index contributed by atoms with van der Waals surface area (Å²) in [6.07, 6.45) is 3.67. The van der Waals surface area contributed by atoms with Gasteiger partial charge in [-0.05, 0) is 40.7 Å². The summed E-state index contributed by atoms with van der Waals surface area (Å²) < 4.78 is 78.6. The van der Waals surface area contributed by atoms with Gasteiger partial charge in [-0.25, -0.2) is 43.2 Å². The molecule has 27 heteroatoms. The quantitative estimate of drug-likeness (QED) is 0.133. The van der Waals surface area contributed by atoms with Gasteiger partial charge >= 0.3 is 54.4 Å². The molecule has 5 aliphatic rings. The lowest BCUT2D eigenvalue weighted by Gasteiger charge is -2.09. The van der Waals surface area contributed by atoms with Gasteiger partial charge in [0.2, 0.25) is 0 Å². The maximum absolute atomic E-state index is 10.3. The molecule has 5 fully saturated rings. The summed E-state index contributed by atoms with van der Waals surface area (Å²) in [4.78, 5) is 90.1. The Kier molecular flexibility index (Phi) is 94.0. The van der Waals surface area contributed by atoms with Gasteiger partial charge in [-0.15, -0.1) is 0 Å². The maximum atomic E-state index is 10.3. The molecule has 0 aromatic carbocycles. The number of carbonyl (C=O) groups is 6. The van der Waals surface area contributed by atoms with Gasteiger partial charge in [0.1, 0.15) is 81.0 Å². The molecule has 3 aromatic rings. The van der Waals surface area contributed by atoms with E-state index in [2.05, 4.69) is 103 Å². The molecule has 5 saturated heterocycles. The third-order valence-corrected chi connectivity index (χ3v) is 5.94. The Bertz CT molecular complexity index is 1990. The normalized spacial score (nSPS) is 13.6. The van der Waals surface area contributed by atoms with E-state index < -0.39 is 54.4 Å². The van der Waals surface area contributed by atoms with Crippen LogP contribution in [-0.4, -0.2) is 109 Å². The highest BCUT2D eigenvalue weighted by atomic mass is 16.8. The molecule has 0 aliphatic carbocycles. The van der Waals surface area contributed by atoms with Crippen LogP contribution in [0.25, 0.3) is 0 Å². The van der Waals surface area contributed by atoms with E-state index in [9.17, 15) is 43.2 Å². The van der Waals surface area contributed by atoms with Gasteiger partial charge < -0.3 is 83.3 Å². The van der Waals surface area contributed by atoms with Crippen molar-refractivity contribution in [3.05, 3.63) is 106 Å². The molecule has 0 bridgehead atoms. The van der Waals surface area contributed by atoms with Crippen molar-refractivity contribution in [3.63, 3.8) is 0 Å². The fourth-order valence-electron chi connectivity index (χ4n) is 3.10. The average molecular weight is 1210 g/mol. The van der Waals surface area contributed by atoms with Crippen molar-refractivity contribution < 1.29 is 112 Å². The van der Waals surface area contributed by atoms with Crippen LogP contribution in [0.15, 0.2) is 97.3 Å². The highest BCUT2D eigenvalue weighted by Gasteiger charge is 2.21. The molecular weight excluding hydrogens is 1100 g/mol. The van der Waals surface area contributed by atoms with Crippen molar-refractivity contribution in [2.24, 2.45) is 0 Å². The highest BCUT2D eigenvalue weighted by Crippen LogP contribution is 2.06. The lowest BCUT2D eigenvalue weighted by Crippen LogP contribution is -2.16. The molecule has 5 aliphatic heterocycles. The van der Waals surface area contributed by atoms with E-state index in [0.717, 1.165) is 6.42 Å². The van der Waals surface area contributed by atoms with Crippen molar-refractivity contribution in [1.82, 2.24) is 0 Å². The molecule has 0 saturated carbocycles. The number of cyclic esters (lactones) is 10. The summed E-state index contributed by atoms with van der Waals surface area (Å²) >= 11 is 0. The fraction of sp³-hybridized carbons (Fsp3) is 0.625. The van der Waals surface area contributed by atoms with Gasteiger partial charge in [-0.2, -0.15) is 0 Å². The topological polar surface area (TPSA) is 343 Å². The van der Waals surface area contributed by atoms with E-state index in [-0.39, 0.29) is 25.4 Å². The van der Waals surface area contributed by atoms with Crippen LogP contribution in [0, 0.1) is 20.8 Å². The van der Waals surface area contributed by atoms with Crippen molar-refractivity contribution in [2.45, 2.75) is 178 Å². The lowest BCUT2D eigenvalue weighted by atomic mass is 10.4. The summed E-state index contributed by atoms with van der Waals surface area (Å²) in [5.74, 6) is 0.0625. The Hall–Kier alpha value is -8.13. The van der Waals surface area contributed by atoms with E-state index in [0.29, 0.717) is 69.3 Å². The zero-order valence-corrected chi connectivity index (χ0v) is 53.8. The summed E-state index contributed by atoms with van der Waals surface area (Å²) in [6.45, 7) is 57.9. The first-order valence-corrected chi connectivity index (χ1v) is 27.3. The second kappa shape index (κ2) is 80.3. The molecule has 2 atom stereocenters. The molecule has 3 aromatic heterocycles. The monoisotopic (exact) mass is 1210 g/mol. The summed E-state index contributed by atoms with van der Waals surface area (Å²) in [6, 6.07) is 0. The lowest BCUT2D eigenvalue weighted by molar-refractivity contribution is 0.0192. The number of ether oxygens (including phenoxy) is 12. The predicted molar refractivity (Wildman–Crippen MR) is 310 cm³/mol. The molecular formula is C56H102O27. The van der Waals surface area contributed by atoms with Crippen LogP contribution in [0.5, 0.6) is 0 Å². The molecule has 8 rings (SSSR count). The Morgan fingerprint density at radius 3 is 1.13 bits per heavy atom. The van der Waals surface area contributed by atoms with Gasteiger partial charge in [-0.3, -0.25) is 0 Å². The Morgan fingerprint density at radius 2 is 0.964 bits per heavy atom. The standard InChI is InChI=1S/C6H10O3.2C5H6O3.C4H6O3.2C4H4O3.C4H6O3.C3H4O3.C3H2O3.9C2H6/c1-3-5-9-6(7)8-4-2;1-3-4(2)8-5(6)7-3;1-2-4-3-7-5(6)8-4;3*1-3-2-6-4(5)7-3;5-4-6-2-1-3-7-4;2*4-3-5-1-2-6-3;9*1-2/h3H,1,4-5H2,2H3;1-2H3;2,4H,1,3H2;3H,2H2,1H3;2H,1H3;1-2H2;1-3H2;1-2H2;1-2H;9*1-2H3. The molecule has 83 heavy (non-hydrogen) atoms. The van der Waals surface area contributed by atoms with Crippen LogP contribution < -0.4 is 17.5 Å². The van der Waals surface area contributed by atoms with Gasteiger partial charge in [0.15, 0.2) is 12.7 Å². The number of hydrogen-bond acceptors (Lipinski definition) is 27. The van der Waals surface area contributed by atoms with Crippen LogP contribution >= 0.6 is 0 Å². The van der Waals surface area contributed by atoms with Crippen LogP contribution in [-0.2, 0) is 56.8 Å². The fourth-order valence-corrected chi connectivity index (χ4v) is 3.10. The molecule has 0 spiro atoms. The van der Waals surface area contributed by atoms with E-state index in [4.69, 9.17) is 0 Å². The van der Waals surface area contributed by atoms with Gasteiger partial charge in [-0.1, -0.05) is 150 Å². The van der Waals surface area contributed by atoms with Crippen LogP contribution in [0.2, 0.25) is 0 Å². The zero-order valence-electron chi connectivity index (χ0n) is 53.8. The van der Waals surface area contributed by atoms with Gasteiger partial charge in [0.05, 0.1) is 19.8 Å². The van der Waals surface area contributed by atoms with E-state index in [1.165, 1.54) is 30.9 Å². The summed E-state index contributed by atoms with van der Waals surface area (Å²) in [5, 5.41) is 0. The molecule has 27 nitrogen and oxygen atoms in total. The third-order valence-electron chi connectivity index (χ3n) is 5.94. The van der Waals surface area contributed by atoms with E-state index in [1.54, 1.807) is 34.6 Å². The highest BCUT2D eigenvalue weighted by molar-refractivity contribution is 5.64. The van der Waals surface area contributed by atoms with Gasteiger partial charge in [0, 0.05) is 6.42 Å². The molecule has 0 N–H and O–H groups in total. The van der Waals surface area contributed by atoms with Crippen LogP contribution in [0.3, 0.4) is 0 Å². The van der Waals surface area contributed by atoms with Crippen molar-refractivity contribution in [2.75, 3.05) is 59.5 Å². The number of aryl methyl sites for hydroxylation is 3. The molecule has 488 valence electrons. The van der Waals surface area contributed by atoms with E-state index in [1.807, 2.05) is 125 Å². The van der Waals surface area contributed by atoms with Crippen molar-refractivity contribution in [3.8, 4) is 0 Å². The van der Waals surface area contributed by atoms with E-state index >= 15 is 0 Å². The van der Waals surface area contributed by atoms with Gasteiger partial charge in [0.25, 0.3) is 0 Å². The smallest absolute Gasteiger partial charge is 0.435 e. The summed E-state index contributed by atoms with van der Waals surface area (Å²) in [7, 11) is 0. The molecule has 0 radical (unpaired) electrons. The minimum atomic E-state index is -0.657. The summed E-state index contributed by atoms with van der Waals surface area (Å²) in [5.41, 5.74) is 0. The first-order chi connectivity index (χ1) is 39.9. The third kappa shape index (κ3) is 76.0. The molecule has 2 unspecified atom stereocenters. The Morgan fingerprint density at radius 1 is 0.530 bits per heavy atom. The molecule has 8 heterocycles. The zero-order chi connectivity index (χ0) is 67.0. The first-order valence-electron chi connectivity index (χ1n) is 27.3. The maximum Gasteiger partial charge on any atom is 0.518 e. The predicted octanol–water partition coefficient (Wildman–Crippen LogP) is 14.8. The second-order valence-corrected chi connectivity index (χ2v) is 11.2. The number of carbonyl (C=O) groups excluding carboxylic acids is 6. The van der Waals surface area contributed by atoms with Crippen molar-refractivity contribution >= 4 is 36.9 Å². The largest absolute Gasteiger partial charge is 0.518 e. The first kappa shape index (κ1) is 97.1. The SMILES string of the molecule is C=C1COC(=O)O1.C=CC1COC(=O)O1.C=CCOC(=O)OCC.CC.CC.CC.CC.CC.CC.CC.CC.CC.CC1COC(=O)O1.Cc1coc(=O)o1.Cc1oc(=O)oc1C.O=C1OCCCO1.O=C1OCCO1.O=c1occo1. The minimum absolute atomic E-state index is 0.0486.